The van der Waals surface area contributed by atoms with Crippen LogP contribution in [0.25, 0.3) is 21.8 Å². The highest BCUT2D eigenvalue weighted by molar-refractivity contribution is 7.92. The second kappa shape index (κ2) is 18.2. The summed E-state index contributed by atoms with van der Waals surface area (Å²) in [6, 6.07) is 14.7. The summed E-state index contributed by atoms with van der Waals surface area (Å²) in [5.74, 6) is -1.53. The monoisotopic (exact) mass is 912 g/mol. The van der Waals surface area contributed by atoms with Gasteiger partial charge < -0.3 is 20.0 Å². The number of hydrogen-bond acceptors (Lipinski definition) is 13. The van der Waals surface area contributed by atoms with Crippen molar-refractivity contribution in [3.05, 3.63) is 89.2 Å². The molecule has 0 radical (unpaired) electrons. The van der Waals surface area contributed by atoms with Crippen LogP contribution in [-0.4, -0.2) is 96.0 Å². The zero-order valence-corrected chi connectivity index (χ0v) is 37.7. The molecular formula is C45H50F2N10O5S2. The molecule has 3 N–H and O–H groups in total. The summed E-state index contributed by atoms with van der Waals surface area (Å²) in [5, 5.41) is 6.20. The average Bonchev–Trinajstić information content (AvgIpc) is 3.94. The van der Waals surface area contributed by atoms with Crippen molar-refractivity contribution in [2.24, 2.45) is 5.92 Å². The fraction of sp³-hybridized carbons (Fsp3) is 0.400. The Hall–Kier alpha value is -6.08. The number of thiazole rings is 1. The number of nitrogens with one attached hydrogen (secondary N) is 3. The molecule has 2 aromatic carbocycles. The van der Waals surface area contributed by atoms with Crippen LogP contribution >= 0.6 is 11.3 Å². The molecule has 3 aromatic heterocycles. The number of carbonyl (C=O) groups is 3. The number of anilines is 5. The molecule has 0 bridgehead atoms. The van der Waals surface area contributed by atoms with E-state index in [0.717, 1.165) is 16.4 Å². The Balaban J connectivity index is 0.900. The van der Waals surface area contributed by atoms with Crippen LogP contribution < -0.4 is 25.2 Å². The van der Waals surface area contributed by atoms with E-state index in [2.05, 4.69) is 30.2 Å². The lowest BCUT2D eigenvalue weighted by Crippen LogP contribution is -2.51. The van der Waals surface area contributed by atoms with Crippen molar-refractivity contribution in [1.29, 1.82) is 0 Å². The lowest BCUT2D eigenvalue weighted by molar-refractivity contribution is -0.135. The van der Waals surface area contributed by atoms with E-state index in [9.17, 15) is 22.8 Å². The average molecular weight is 913 g/mol. The van der Waals surface area contributed by atoms with Crippen LogP contribution in [0.2, 0.25) is 0 Å². The minimum atomic E-state index is -3.75. The second-order valence-corrected chi connectivity index (χ2v) is 20.1. The van der Waals surface area contributed by atoms with E-state index in [1.807, 2.05) is 42.7 Å². The van der Waals surface area contributed by atoms with E-state index in [1.54, 1.807) is 49.6 Å². The lowest BCUT2D eigenvalue weighted by Gasteiger charge is -2.37. The number of imide groups is 1. The third-order valence-electron chi connectivity index (χ3n) is 11.6. The Kier molecular flexibility index (Phi) is 12.7. The maximum atomic E-state index is 16.1. The Morgan fingerprint density at radius 3 is 2.45 bits per heavy atom. The SMILES string of the molecule is CCCS(=O)(=O)Nc1cccc(-c2nc(C(C)(C)C)sc2-c2ccnc(Nc3ccc(N4CCN(C(=O)[C@@H]5CCN(c6ccc([C@H]7CCC(=O)NC7=O)cn6)C5)CC4)c(F)c3)n2)c1F. The fourth-order valence-corrected chi connectivity index (χ4v) is 10.4. The molecule has 19 heteroatoms. The smallest absolute Gasteiger partial charge is 0.234 e. The van der Waals surface area contributed by atoms with Crippen LogP contribution in [0.1, 0.15) is 69.9 Å². The summed E-state index contributed by atoms with van der Waals surface area (Å²) < 4.78 is 59.3. The largest absolute Gasteiger partial charge is 0.366 e. The zero-order chi connectivity index (χ0) is 45.3. The van der Waals surface area contributed by atoms with E-state index in [1.165, 1.54) is 23.5 Å². The number of nitrogens with zero attached hydrogens (tertiary/aromatic N) is 7. The summed E-state index contributed by atoms with van der Waals surface area (Å²) in [7, 11) is -3.75. The van der Waals surface area contributed by atoms with Gasteiger partial charge in [0.2, 0.25) is 33.7 Å². The molecule has 0 spiro atoms. The number of pyridine rings is 1. The van der Waals surface area contributed by atoms with Crippen molar-refractivity contribution < 1.29 is 31.6 Å². The first-order chi connectivity index (χ1) is 30.6. The van der Waals surface area contributed by atoms with Gasteiger partial charge in [-0.2, -0.15) is 0 Å². The number of piperazine rings is 1. The Morgan fingerprint density at radius 2 is 1.75 bits per heavy atom. The molecule has 3 fully saturated rings. The van der Waals surface area contributed by atoms with Gasteiger partial charge in [0.25, 0.3) is 0 Å². The number of sulfonamides is 1. The lowest BCUT2D eigenvalue weighted by atomic mass is 9.92. The molecule has 8 rings (SSSR count). The standard InChI is InChI=1S/C45H50F2N10O5S2/c1-5-23-64(61,62)54-33-8-6-7-31(38(33)47)39-40(63-43(53-39)45(2,3)4)34-15-17-48-44(51-34)50-29-10-12-35(32(46)24-29)55-19-21-56(22-20-55)42(60)28-16-18-57(26-28)36-13-9-27(25-49-36)30-11-14-37(58)52-41(30)59/h6-10,12-13,15,17,24-25,28,30,54H,5,11,14,16,18-23,26H2,1-4H3,(H,48,50,51)(H,52,58,59)/t28-,30-/m1/s1. The summed E-state index contributed by atoms with van der Waals surface area (Å²) in [4.78, 5) is 62.4. The van der Waals surface area contributed by atoms with Crippen molar-refractivity contribution in [1.82, 2.24) is 30.2 Å². The Labute approximate surface area is 374 Å². The van der Waals surface area contributed by atoms with Crippen LogP contribution in [0.4, 0.5) is 37.6 Å². The number of hydrogen-bond donors (Lipinski definition) is 3. The van der Waals surface area contributed by atoms with Gasteiger partial charge >= 0.3 is 0 Å². The minimum Gasteiger partial charge on any atom is -0.366 e. The molecule has 3 aliphatic rings. The molecule has 0 saturated carbocycles. The molecular weight excluding hydrogens is 863 g/mol. The predicted octanol–water partition coefficient (Wildman–Crippen LogP) is 6.83. The highest BCUT2D eigenvalue weighted by Gasteiger charge is 2.35. The highest BCUT2D eigenvalue weighted by atomic mass is 32.2. The zero-order valence-electron chi connectivity index (χ0n) is 36.0. The van der Waals surface area contributed by atoms with Gasteiger partial charge in [-0.25, -0.2) is 37.1 Å². The summed E-state index contributed by atoms with van der Waals surface area (Å²) in [5.41, 5.74) is 1.90. The predicted molar refractivity (Wildman–Crippen MR) is 243 cm³/mol. The normalized spacial score (nSPS) is 18.3. The molecule has 3 saturated heterocycles. The van der Waals surface area contributed by atoms with Gasteiger partial charge in [-0.15, -0.1) is 11.3 Å². The molecule has 15 nitrogen and oxygen atoms in total. The van der Waals surface area contributed by atoms with E-state index in [0.29, 0.717) is 92.6 Å². The van der Waals surface area contributed by atoms with Crippen LogP contribution in [-0.2, 0) is 29.8 Å². The molecule has 64 heavy (non-hydrogen) atoms. The molecule has 3 amide bonds. The van der Waals surface area contributed by atoms with E-state index < -0.39 is 33.0 Å². The van der Waals surface area contributed by atoms with Crippen molar-refractivity contribution in [2.45, 2.75) is 64.7 Å². The van der Waals surface area contributed by atoms with Gasteiger partial charge in [0.05, 0.1) is 50.2 Å². The van der Waals surface area contributed by atoms with E-state index in [-0.39, 0.29) is 46.6 Å². The number of carbonyl (C=O) groups excluding carboxylic acids is 3. The number of halogens is 2. The summed E-state index contributed by atoms with van der Waals surface area (Å²) >= 11 is 1.35. The van der Waals surface area contributed by atoms with Crippen molar-refractivity contribution in [3.63, 3.8) is 0 Å². The number of aromatic nitrogens is 4. The maximum absolute atomic E-state index is 16.1. The summed E-state index contributed by atoms with van der Waals surface area (Å²) in [6.45, 7) is 10.7. The Bertz CT molecular complexity index is 2680. The molecule has 0 unspecified atom stereocenters. The number of amides is 3. The van der Waals surface area contributed by atoms with Gasteiger partial charge in [0.15, 0.2) is 5.82 Å². The van der Waals surface area contributed by atoms with E-state index in [4.69, 9.17) is 9.97 Å². The topological polar surface area (TPSA) is 183 Å². The maximum Gasteiger partial charge on any atom is 0.234 e. The first kappa shape index (κ1) is 44.5. The van der Waals surface area contributed by atoms with Crippen LogP contribution in [0.15, 0.2) is 67.0 Å². The van der Waals surface area contributed by atoms with Crippen molar-refractivity contribution in [2.75, 3.05) is 64.9 Å². The number of piperidine rings is 1. The molecule has 3 aliphatic heterocycles. The highest BCUT2D eigenvalue weighted by Crippen LogP contribution is 2.42. The molecule has 2 atom stereocenters. The first-order valence-corrected chi connectivity index (χ1v) is 23.8. The first-order valence-electron chi connectivity index (χ1n) is 21.4. The van der Waals surface area contributed by atoms with Crippen molar-refractivity contribution >= 4 is 67.9 Å². The molecule has 336 valence electrons. The third-order valence-corrected chi connectivity index (χ3v) is 14.5. The van der Waals surface area contributed by atoms with Gasteiger partial charge in [0.1, 0.15) is 11.6 Å². The van der Waals surface area contributed by atoms with Crippen LogP contribution in [0.5, 0.6) is 0 Å². The quantitative estimate of drug-likeness (QED) is 0.111. The fourth-order valence-electron chi connectivity index (χ4n) is 8.19. The second-order valence-electron chi connectivity index (χ2n) is 17.3. The van der Waals surface area contributed by atoms with Gasteiger partial charge in [-0.3, -0.25) is 24.4 Å². The number of benzene rings is 2. The molecule has 5 aromatic rings. The number of rotatable bonds is 12. The summed E-state index contributed by atoms with van der Waals surface area (Å²) in [6.07, 6.45) is 5.04. The van der Waals surface area contributed by atoms with Crippen LogP contribution in [0, 0.1) is 17.6 Å². The Morgan fingerprint density at radius 1 is 0.953 bits per heavy atom. The molecule has 0 aliphatic carbocycles. The van der Waals surface area contributed by atoms with Gasteiger partial charge in [0, 0.05) is 74.7 Å². The minimum absolute atomic E-state index is 0.0677. The van der Waals surface area contributed by atoms with Gasteiger partial charge in [-0.1, -0.05) is 39.8 Å². The van der Waals surface area contributed by atoms with Crippen LogP contribution in [0.3, 0.4) is 0 Å². The molecule has 6 heterocycles. The van der Waals surface area contributed by atoms with Gasteiger partial charge in [-0.05, 0) is 67.3 Å². The van der Waals surface area contributed by atoms with Crippen molar-refractivity contribution in [3.8, 4) is 21.8 Å². The third kappa shape index (κ3) is 9.69. The van der Waals surface area contributed by atoms with E-state index >= 15 is 8.78 Å².